The summed E-state index contributed by atoms with van der Waals surface area (Å²) < 4.78 is 26.9. The fourth-order valence-corrected chi connectivity index (χ4v) is 18.0. The fourth-order valence-electron chi connectivity index (χ4n) is 17.5. The highest BCUT2D eigenvalue weighted by molar-refractivity contribution is 6.48. The molecule has 3 atom stereocenters. The number of aryl methyl sites for hydroxylation is 2. The zero-order chi connectivity index (χ0) is 93.6. The number of nitrogens with one attached hydrogen (secondary N) is 2. The fraction of sp³-hybridized carbons (Fsp3) is 0.349. The third kappa shape index (κ3) is 23.8. The predicted octanol–water partition coefficient (Wildman–Crippen LogP) is 25.4. The van der Waals surface area contributed by atoms with Crippen LogP contribution in [0.3, 0.4) is 0 Å². The minimum Gasteiger partial charge on any atom is -0.497 e. The molecule has 2 N–H and O–H groups in total. The number of aromatic nitrogens is 7. The van der Waals surface area contributed by atoms with E-state index in [1.165, 1.54) is 6.33 Å². The van der Waals surface area contributed by atoms with Gasteiger partial charge in [-0.15, -0.1) is 0 Å². The van der Waals surface area contributed by atoms with E-state index >= 15 is 0 Å². The van der Waals surface area contributed by atoms with Crippen LogP contribution in [0.2, 0.25) is 10.0 Å². The molecule has 10 aromatic carbocycles. The molecule has 3 aromatic heterocycles. The standard InChI is InChI=1S/2C37H38N2O4.C35H44Cl2N6O2/c2*1-6-43-37-19-10-24(2)20-33(37)34-23-35(31-16-15-30-22-32(42-5)18-17-29(30)21-31)39(38-34)26(4)27-11-13-28(14-12-27)36(41)9-7-8-25(3)40;1-33(2,3)14-13-28(22-7-9-23(10-8-22)31(44)38-20-29-39-21-40-42-29)43-32(45)30(24-17-26(36)19-27(37)18-24)41-35(43)15-11-25(12-16-35)34(4,5)6/h2*10-23,26H,6-9H2,1-5H3;7-10,17-19,21,25,28H,11-16,20H2,1-6H3,(H,38,44)(H,39,40,42)/t26-;;/m0../s1. The first-order valence-electron chi connectivity index (χ1n) is 45.4. The van der Waals surface area contributed by atoms with E-state index in [1.54, 1.807) is 46.3 Å². The number of Topliss-reactive ketones (excluding diaryl/α,β-unsaturated/α-hetero) is 4. The normalized spacial score (nSPS) is 15.1. The van der Waals surface area contributed by atoms with Crippen LogP contribution in [0, 0.1) is 30.6 Å². The molecule has 1 aliphatic carbocycles. The molecule has 2 aliphatic rings. The summed E-state index contributed by atoms with van der Waals surface area (Å²) >= 11 is 12.8. The summed E-state index contributed by atoms with van der Waals surface area (Å²) in [6, 6.07) is 69.5. The smallest absolute Gasteiger partial charge is 0.275 e. The minimum absolute atomic E-state index is 0.0539. The first-order valence-corrected chi connectivity index (χ1v) is 46.2. The van der Waals surface area contributed by atoms with Gasteiger partial charge in [0.25, 0.3) is 11.8 Å². The molecular formula is C109H120Cl2N10O10. The molecule has 1 spiro atoms. The van der Waals surface area contributed by atoms with Crippen molar-refractivity contribution in [3.05, 3.63) is 285 Å². The van der Waals surface area contributed by atoms with Gasteiger partial charge >= 0.3 is 0 Å². The van der Waals surface area contributed by atoms with E-state index in [2.05, 4.69) is 189 Å². The van der Waals surface area contributed by atoms with Crippen molar-refractivity contribution in [1.82, 2.24) is 45.0 Å². The van der Waals surface area contributed by atoms with Crippen LogP contribution in [0.15, 0.2) is 224 Å². The molecule has 131 heavy (non-hydrogen) atoms. The number of H-pyrrole nitrogens is 1. The van der Waals surface area contributed by atoms with Crippen LogP contribution in [-0.4, -0.2) is 113 Å². The number of ketones is 4. The second-order valence-electron chi connectivity index (χ2n) is 36.8. The molecule has 4 heterocycles. The highest BCUT2D eigenvalue weighted by Crippen LogP contribution is 2.51. The van der Waals surface area contributed by atoms with Crippen LogP contribution in [0.5, 0.6) is 23.0 Å². The summed E-state index contributed by atoms with van der Waals surface area (Å²) in [6.45, 7) is 30.4. The van der Waals surface area contributed by atoms with Crippen molar-refractivity contribution in [2.75, 3.05) is 27.4 Å². The van der Waals surface area contributed by atoms with Crippen LogP contribution in [-0.2, 0) is 20.9 Å². The van der Waals surface area contributed by atoms with E-state index in [4.69, 9.17) is 57.3 Å². The Morgan fingerprint density at radius 3 is 1.41 bits per heavy atom. The Morgan fingerprint density at radius 1 is 0.534 bits per heavy atom. The Morgan fingerprint density at radius 2 is 0.985 bits per heavy atom. The largest absolute Gasteiger partial charge is 0.497 e. The highest BCUT2D eigenvalue weighted by Gasteiger charge is 2.53. The third-order valence-corrected chi connectivity index (χ3v) is 25.3. The molecule has 13 aromatic rings. The van der Waals surface area contributed by atoms with Gasteiger partial charge in [-0.05, 0) is 265 Å². The molecule has 20 nitrogen and oxygen atoms in total. The molecule has 680 valence electrons. The summed E-state index contributed by atoms with van der Waals surface area (Å²) in [7, 11) is 3.35. The van der Waals surface area contributed by atoms with Gasteiger partial charge in [0.2, 0.25) is 0 Å². The molecule has 15 rings (SSSR count). The van der Waals surface area contributed by atoms with Gasteiger partial charge in [0.1, 0.15) is 58.1 Å². The second kappa shape index (κ2) is 42.5. The van der Waals surface area contributed by atoms with Crippen molar-refractivity contribution in [1.29, 1.82) is 0 Å². The van der Waals surface area contributed by atoms with E-state index in [1.807, 2.05) is 123 Å². The van der Waals surface area contributed by atoms with Gasteiger partial charge in [0.15, 0.2) is 11.6 Å². The number of nitrogens with zero attached hydrogens (tertiary/aromatic N) is 8. The summed E-state index contributed by atoms with van der Waals surface area (Å²) in [5, 5.41) is 25.1. The minimum atomic E-state index is -0.668. The summed E-state index contributed by atoms with van der Waals surface area (Å²) in [5.74, 6) is 4.39. The molecule has 0 bridgehead atoms. The van der Waals surface area contributed by atoms with Crippen LogP contribution < -0.4 is 24.3 Å². The van der Waals surface area contributed by atoms with Gasteiger partial charge in [-0.2, -0.15) is 15.3 Å². The molecule has 0 saturated heterocycles. The number of methoxy groups -OCH3 is 2. The molecule has 1 fully saturated rings. The lowest BCUT2D eigenvalue weighted by Crippen LogP contribution is -2.51. The van der Waals surface area contributed by atoms with E-state index in [-0.39, 0.29) is 70.4 Å². The number of carbonyl (C=O) groups excluding carboxylic acids is 6. The Kier molecular flexibility index (Phi) is 31.1. The van der Waals surface area contributed by atoms with Crippen molar-refractivity contribution in [3.8, 4) is 68.0 Å². The first kappa shape index (κ1) is 95.9. The number of ether oxygens (including phenoxy) is 4. The number of aliphatic imine (C=N–C) groups is 1. The van der Waals surface area contributed by atoms with E-state index in [0.29, 0.717) is 101 Å². The van der Waals surface area contributed by atoms with Crippen molar-refractivity contribution >= 4 is 85.4 Å². The summed E-state index contributed by atoms with van der Waals surface area (Å²) in [5.41, 5.74) is 15.4. The zero-order valence-electron chi connectivity index (χ0n) is 78.1. The van der Waals surface area contributed by atoms with E-state index in [0.717, 1.165) is 156 Å². The SMILES string of the molecule is CC(C)(C)CCC(c1ccc(C(=O)NCc2ncn[nH]2)cc1)N1C(=O)C(c2cc(Cl)cc(Cl)c2)=NC12CCC(C(C)(C)C)CC2.CCOc1ccc(C)cc1-c1cc(-c2ccc3cc(OC)ccc3c2)n(C(C)c2ccc(C(=O)CCCC(C)=O)cc2)n1.CCOc1ccc(C)cc1-c1cc(-c2ccc3cc(OC)ccc3c2)n([C@@H](C)c2ccc(C(=O)CCCC(C)=O)cc2)n1. The first-order chi connectivity index (χ1) is 62.7. The van der Waals surface area contributed by atoms with Gasteiger partial charge in [-0.25, -0.2) is 4.98 Å². The van der Waals surface area contributed by atoms with Crippen LogP contribution in [0.4, 0.5) is 0 Å². The van der Waals surface area contributed by atoms with Crippen LogP contribution in [0.1, 0.15) is 249 Å². The maximum Gasteiger partial charge on any atom is 0.275 e. The molecule has 1 saturated carbocycles. The molecular weight excluding hydrogens is 1680 g/mol. The average Bonchev–Trinajstić information content (AvgIpc) is 1.58. The summed E-state index contributed by atoms with van der Waals surface area (Å²) in [4.78, 5) is 86.9. The molecule has 2 unspecified atom stereocenters. The molecule has 0 radical (unpaired) electrons. The van der Waals surface area contributed by atoms with Crippen molar-refractivity contribution in [2.24, 2.45) is 21.7 Å². The topological polar surface area (TPSA) is 244 Å². The maximum atomic E-state index is 14.6. The Bertz CT molecular complexity index is 6010. The van der Waals surface area contributed by atoms with E-state index < -0.39 is 5.66 Å². The lowest BCUT2D eigenvalue weighted by atomic mass is 9.69. The van der Waals surface area contributed by atoms with Crippen molar-refractivity contribution < 1.29 is 47.7 Å². The lowest BCUT2D eigenvalue weighted by molar-refractivity contribution is -0.134. The zero-order valence-corrected chi connectivity index (χ0v) is 79.6. The van der Waals surface area contributed by atoms with Gasteiger partial charge in [-0.3, -0.25) is 38.6 Å². The number of halogens is 2. The Balaban J connectivity index is 0.000000167. The number of hydrogen-bond donors (Lipinski definition) is 2. The maximum absolute atomic E-state index is 14.6. The van der Waals surface area contributed by atoms with Gasteiger partial charge in [0.05, 0.1) is 74.9 Å². The molecule has 1 aliphatic heterocycles. The highest BCUT2D eigenvalue weighted by atomic mass is 35.5. The second-order valence-corrected chi connectivity index (χ2v) is 37.6. The van der Waals surface area contributed by atoms with Crippen LogP contribution in [0.25, 0.3) is 66.6 Å². The number of rotatable bonds is 32. The van der Waals surface area contributed by atoms with Crippen LogP contribution >= 0.6 is 23.2 Å². The predicted molar refractivity (Wildman–Crippen MR) is 524 cm³/mol. The average molecular weight is 1800 g/mol. The third-order valence-electron chi connectivity index (χ3n) is 24.9. The Labute approximate surface area is 779 Å². The summed E-state index contributed by atoms with van der Waals surface area (Å²) in [6.07, 6.45) is 9.36. The number of carbonyl (C=O) groups is 6. The van der Waals surface area contributed by atoms with Gasteiger partial charge < -0.3 is 38.8 Å². The Hall–Kier alpha value is -12.7. The number of amides is 2. The van der Waals surface area contributed by atoms with Gasteiger partial charge in [0, 0.05) is 80.2 Å². The lowest BCUT2D eigenvalue weighted by Gasteiger charge is -2.47. The monoisotopic (exact) mass is 1800 g/mol. The van der Waals surface area contributed by atoms with Crippen molar-refractivity contribution in [3.63, 3.8) is 0 Å². The quantitative estimate of drug-likeness (QED) is 0.0373. The van der Waals surface area contributed by atoms with Crippen molar-refractivity contribution in [2.45, 2.75) is 204 Å². The number of fused-ring (bicyclic) bond motifs is 2. The number of hydrogen-bond acceptors (Lipinski definition) is 15. The number of benzene rings is 10. The van der Waals surface area contributed by atoms with E-state index in [9.17, 15) is 28.8 Å². The number of aromatic amines is 1. The van der Waals surface area contributed by atoms with Gasteiger partial charge in [-0.1, -0.05) is 185 Å². The molecule has 2 amide bonds. The molecule has 22 heteroatoms.